The van der Waals surface area contributed by atoms with E-state index in [1.165, 1.54) is 12.1 Å². The number of benzene rings is 1. The molecule has 26 heavy (non-hydrogen) atoms. The van der Waals surface area contributed by atoms with Gasteiger partial charge in [0.1, 0.15) is 12.4 Å². The number of hydrogen-bond acceptors (Lipinski definition) is 6. The van der Waals surface area contributed by atoms with Crippen molar-refractivity contribution in [2.75, 3.05) is 6.61 Å². The second-order valence-electron chi connectivity index (χ2n) is 5.33. The van der Waals surface area contributed by atoms with Crippen LogP contribution in [-0.4, -0.2) is 37.4 Å². The molecule has 0 saturated carbocycles. The zero-order valence-corrected chi connectivity index (χ0v) is 14.1. The molecule has 0 N–H and O–H groups in total. The quantitative estimate of drug-likeness (QED) is 0.545. The first-order valence-electron chi connectivity index (χ1n) is 7.28. The van der Waals surface area contributed by atoms with Crippen LogP contribution in [0.2, 0.25) is 0 Å². The van der Waals surface area contributed by atoms with Gasteiger partial charge in [-0.25, -0.2) is 9.69 Å². The van der Waals surface area contributed by atoms with Crippen molar-refractivity contribution < 1.29 is 40.1 Å². The molecule has 1 fully saturated rings. The van der Waals surface area contributed by atoms with Gasteiger partial charge in [-0.3, -0.25) is 4.79 Å². The summed E-state index contributed by atoms with van der Waals surface area (Å²) in [5, 5.41) is 0. The van der Waals surface area contributed by atoms with Gasteiger partial charge in [-0.05, 0) is 30.5 Å². The van der Waals surface area contributed by atoms with Crippen LogP contribution in [0.15, 0.2) is 36.5 Å². The average molecular weight is 393 g/mol. The summed E-state index contributed by atoms with van der Waals surface area (Å²) in [6.07, 6.45) is 0.00601. The van der Waals surface area contributed by atoms with Crippen molar-refractivity contribution in [1.29, 1.82) is 0 Å². The van der Waals surface area contributed by atoms with Gasteiger partial charge in [-0.2, -0.15) is 21.6 Å². The molecule has 2 rings (SSSR count). The fourth-order valence-corrected chi connectivity index (χ4v) is 2.58. The van der Waals surface area contributed by atoms with E-state index in [9.17, 15) is 31.2 Å². The van der Waals surface area contributed by atoms with Gasteiger partial charge < -0.3 is 8.92 Å². The Labute approximate surface area is 147 Å². The third-order valence-electron chi connectivity index (χ3n) is 3.38. The molecule has 1 aliphatic rings. The molecule has 2 amide bonds. The molecule has 1 aliphatic heterocycles. The summed E-state index contributed by atoms with van der Waals surface area (Å²) in [5.41, 5.74) is -4.60. The van der Waals surface area contributed by atoms with Gasteiger partial charge in [0.05, 0.1) is 5.70 Å². The minimum Gasteiger partial charge on any atom is -0.442 e. The predicted molar refractivity (Wildman–Crippen MR) is 82.3 cm³/mol. The van der Waals surface area contributed by atoms with Crippen molar-refractivity contribution >= 4 is 22.1 Å². The number of alkyl halides is 3. The molecule has 7 nitrogen and oxygen atoms in total. The van der Waals surface area contributed by atoms with E-state index >= 15 is 0 Å². The number of carbonyl (C=O) groups excluding carboxylic acids is 2. The molecule has 0 aliphatic carbocycles. The Hall–Kier alpha value is -2.56. The van der Waals surface area contributed by atoms with Gasteiger partial charge in [0.15, 0.2) is 0 Å². The number of ether oxygens (including phenoxy) is 1. The minimum atomic E-state index is -5.71. The van der Waals surface area contributed by atoms with Crippen LogP contribution < -0.4 is 4.18 Å². The Bertz CT molecular complexity index is 801. The molecule has 11 heteroatoms. The molecular formula is C15H14F3NO6S. The smallest absolute Gasteiger partial charge is 0.442 e. The summed E-state index contributed by atoms with van der Waals surface area (Å²) in [7, 11) is -5.71. The van der Waals surface area contributed by atoms with Crippen LogP contribution in [0.1, 0.15) is 18.4 Å². The van der Waals surface area contributed by atoms with Gasteiger partial charge in [-0.1, -0.05) is 18.7 Å². The highest BCUT2D eigenvalue weighted by atomic mass is 32.2. The van der Waals surface area contributed by atoms with Gasteiger partial charge in [0.25, 0.3) is 0 Å². The third-order valence-corrected chi connectivity index (χ3v) is 4.36. The number of amides is 2. The lowest BCUT2D eigenvalue weighted by Crippen LogP contribution is -2.29. The van der Waals surface area contributed by atoms with E-state index in [4.69, 9.17) is 0 Å². The highest BCUT2D eigenvalue weighted by molar-refractivity contribution is 7.88. The SMILES string of the molecule is C=C1COC(=O)N1C(=O)CCCc1ccc(OS(=O)(=O)C(F)(F)F)cc1. The standard InChI is InChI=1S/C15H14F3NO6S/c1-10-9-24-14(21)19(10)13(20)4-2-3-11-5-7-12(8-6-11)25-26(22,23)15(16,17)18/h5-8H,1-4,9H2. The summed E-state index contributed by atoms with van der Waals surface area (Å²) in [6.45, 7) is 3.51. The average Bonchev–Trinajstić information content (AvgIpc) is 2.86. The summed E-state index contributed by atoms with van der Waals surface area (Å²) >= 11 is 0. The Balaban J connectivity index is 1.87. The van der Waals surface area contributed by atoms with Crippen molar-refractivity contribution in [2.24, 2.45) is 0 Å². The molecule has 0 spiro atoms. The van der Waals surface area contributed by atoms with Crippen LogP contribution in [0, 0.1) is 0 Å². The first kappa shape index (κ1) is 19.8. The van der Waals surface area contributed by atoms with E-state index in [0.29, 0.717) is 18.4 Å². The predicted octanol–water partition coefficient (Wildman–Crippen LogP) is 2.73. The molecule has 1 aromatic carbocycles. The maximum Gasteiger partial charge on any atom is 0.534 e. The minimum absolute atomic E-state index is 0.0349. The summed E-state index contributed by atoms with van der Waals surface area (Å²) in [5.74, 6) is -0.938. The van der Waals surface area contributed by atoms with Crippen LogP contribution in [-0.2, 0) is 26.1 Å². The van der Waals surface area contributed by atoms with Gasteiger partial charge >= 0.3 is 21.7 Å². The van der Waals surface area contributed by atoms with E-state index in [1.807, 2.05) is 0 Å². The van der Waals surface area contributed by atoms with Crippen LogP contribution in [0.3, 0.4) is 0 Å². The summed E-state index contributed by atoms with van der Waals surface area (Å²) in [6, 6.07) is 4.93. The lowest BCUT2D eigenvalue weighted by Gasteiger charge is -2.12. The van der Waals surface area contributed by atoms with Crippen LogP contribution in [0.25, 0.3) is 0 Å². The third kappa shape index (κ3) is 4.54. The second kappa shape index (κ2) is 7.36. The van der Waals surface area contributed by atoms with Crippen LogP contribution in [0.5, 0.6) is 5.75 Å². The number of hydrogen-bond donors (Lipinski definition) is 0. The monoisotopic (exact) mass is 393 g/mol. The number of carbonyl (C=O) groups is 2. The maximum atomic E-state index is 12.2. The molecule has 1 saturated heterocycles. The molecular weight excluding hydrogens is 379 g/mol. The fourth-order valence-electron chi connectivity index (χ4n) is 2.12. The highest BCUT2D eigenvalue weighted by Gasteiger charge is 2.48. The Morgan fingerprint density at radius 1 is 1.27 bits per heavy atom. The molecule has 1 heterocycles. The Morgan fingerprint density at radius 3 is 2.38 bits per heavy atom. The largest absolute Gasteiger partial charge is 0.534 e. The zero-order chi connectivity index (χ0) is 19.5. The maximum absolute atomic E-state index is 12.2. The fraction of sp³-hybridized carbons (Fsp3) is 0.333. The van der Waals surface area contributed by atoms with Gasteiger partial charge in [0, 0.05) is 6.42 Å². The van der Waals surface area contributed by atoms with E-state index in [-0.39, 0.29) is 18.7 Å². The molecule has 0 radical (unpaired) electrons. The van der Waals surface area contributed by atoms with E-state index in [1.54, 1.807) is 0 Å². The van der Waals surface area contributed by atoms with Crippen molar-refractivity contribution in [3.63, 3.8) is 0 Å². The molecule has 0 bridgehead atoms. The number of aryl methyl sites for hydroxylation is 1. The second-order valence-corrected chi connectivity index (χ2v) is 6.87. The summed E-state index contributed by atoms with van der Waals surface area (Å²) < 4.78 is 67.1. The number of halogens is 3. The van der Waals surface area contributed by atoms with Crippen molar-refractivity contribution in [2.45, 2.75) is 24.8 Å². The van der Waals surface area contributed by atoms with E-state index in [2.05, 4.69) is 15.5 Å². The van der Waals surface area contributed by atoms with Gasteiger partial charge in [0.2, 0.25) is 5.91 Å². The lowest BCUT2D eigenvalue weighted by atomic mass is 10.1. The van der Waals surface area contributed by atoms with Crippen molar-refractivity contribution in [3.8, 4) is 5.75 Å². The molecule has 0 aromatic heterocycles. The van der Waals surface area contributed by atoms with Crippen molar-refractivity contribution in [1.82, 2.24) is 4.90 Å². The van der Waals surface area contributed by atoms with E-state index in [0.717, 1.165) is 17.0 Å². The Morgan fingerprint density at radius 2 is 1.88 bits per heavy atom. The number of rotatable bonds is 6. The number of imide groups is 1. The zero-order valence-electron chi connectivity index (χ0n) is 13.3. The van der Waals surface area contributed by atoms with Gasteiger partial charge in [-0.15, -0.1) is 0 Å². The van der Waals surface area contributed by atoms with E-state index < -0.39 is 33.4 Å². The molecule has 142 valence electrons. The van der Waals surface area contributed by atoms with Crippen LogP contribution >= 0.6 is 0 Å². The first-order valence-corrected chi connectivity index (χ1v) is 8.69. The normalized spacial score (nSPS) is 15.1. The molecule has 0 atom stereocenters. The Kier molecular flexibility index (Phi) is 5.59. The highest BCUT2D eigenvalue weighted by Crippen LogP contribution is 2.27. The topological polar surface area (TPSA) is 90.0 Å². The van der Waals surface area contributed by atoms with Crippen molar-refractivity contribution in [3.05, 3.63) is 42.1 Å². The lowest BCUT2D eigenvalue weighted by molar-refractivity contribution is -0.126. The number of nitrogens with zero attached hydrogens (tertiary/aromatic N) is 1. The molecule has 0 unspecified atom stereocenters. The first-order chi connectivity index (χ1) is 12.0. The van der Waals surface area contributed by atoms with Crippen LogP contribution in [0.4, 0.5) is 18.0 Å². The summed E-state index contributed by atoms with van der Waals surface area (Å²) in [4.78, 5) is 24.2. The molecule has 1 aromatic rings. The number of cyclic esters (lactones) is 1.